The van der Waals surface area contributed by atoms with Gasteiger partial charge in [-0.25, -0.2) is 0 Å². The smallest absolute Gasteiger partial charge is 0.231 e. The second kappa shape index (κ2) is 6.07. The van der Waals surface area contributed by atoms with E-state index in [0.29, 0.717) is 6.42 Å². The van der Waals surface area contributed by atoms with Crippen LogP contribution >= 0.6 is 0 Å². The average molecular weight is 355 g/mol. The molecule has 1 unspecified atom stereocenters. The van der Waals surface area contributed by atoms with Gasteiger partial charge in [-0.15, -0.1) is 6.42 Å². The third-order valence-electron chi connectivity index (χ3n) is 5.32. The number of hydrogen-bond donors (Lipinski definition) is 0. The zero-order valence-electron chi connectivity index (χ0n) is 14.6. The van der Waals surface area contributed by atoms with Crippen LogP contribution in [0, 0.1) is 12.3 Å². The van der Waals surface area contributed by atoms with Gasteiger partial charge in [-0.2, -0.15) is 0 Å². The highest BCUT2D eigenvalue weighted by Crippen LogP contribution is 2.45. The number of ether oxygens (including phenoxy) is 2. The molecule has 1 atom stereocenters. The molecule has 1 amide bonds. The van der Waals surface area contributed by atoms with E-state index in [1.165, 1.54) is 0 Å². The van der Waals surface area contributed by atoms with Crippen LogP contribution in [0.3, 0.4) is 0 Å². The van der Waals surface area contributed by atoms with Gasteiger partial charge in [0.25, 0.3) is 0 Å². The van der Waals surface area contributed by atoms with E-state index in [-0.39, 0.29) is 25.2 Å². The van der Waals surface area contributed by atoms with E-state index >= 15 is 0 Å². The normalized spacial score (nSPS) is 17.7. The van der Waals surface area contributed by atoms with Crippen LogP contribution < -0.4 is 14.4 Å². The third-order valence-corrected chi connectivity index (χ3v) is 5.32. The number of hydrogen-bond acceptors (Lipinski definition) is 3. The van der Waals surface area contributed by atoms with E-state index in [9.17, 15) is 4.79 Å². The largest absolute Gasteiger partial charge is 0.454 e. The minimum Gasteiger partial charge on any atom is -0.454 e. The van der Waals surface area contributed by atoms with Crippen LogP contribution in [-0.4, -0.2) is 19.2 Å². The van der Waals surface area contributed by atoms with Crippen molar-refractivity contribution >= 4 is 22.4 Å². The number of anilines is 1. The lowest BCUT2D eigenvalue weighted by Crippen LogP contribution is -2.37. The van der Waals surface area contributed by atoms with Crippen molar-refractivity contribution in [1.82, 2.24) is 0 Å². The summed E-state index contributed by atoms with van der Waals surface area (Å²) in [6.45, 7) is 0.510. The molecule has 0 saturated heterocycles. The van der Waals surface area contributed by atoms with Gasteiger partial charge in [0.15, 0.2) is 11.5 Å². The third kappa shape index (κ3) is 2.43. The van der Waals surface area contributed by atoms with Gasteiger partial charge in [0, 0.05) is 18.0 Å². The fraction of sp³-hybridized carbons (Fsp3) is 0.174. The number of benzene rings is 3. The van der Waals surface area contributed by atoms with Crippen molar-refractivity contribution in [3.63, 3.8) is 0 Å². The molecule has 4 heteroatoms. The van der Waals surface area contributed by atoms with Gasteiger partial charge >= 0.3 is 0 Å². The van der Waals surface area contributed by atoms with Crippen LogP contribution in [0.15, 0.2) is 54.6 Å². The van der Waals surface area contributed by atoms with Crippen LogP contribution in [0.2, 0.25) is 0 Å². The minimum absolute atomic E-state index is 0.0402. The van der Waals surface area contributed by atoms with Crippen molar-refractivity contribution in [2.45, 2.75) is 12.3 Å². The SMILES string of the molecule is C#CCN1C(=O)CC(c2ccc3c(c2)OCO3)c2c1ccc1ccccc21. The minimum atomic E-state index is -0.0536. The zero-order chi connectivity index (χ0) is 18.4. The maximum Gasteiger partial charge on any atom is 0.231 e. The molecule has 0 N–H and O–H groups in total. The fourth-order valence-electron chi connectivity index (χ4n) is 4.09. The molecule has 2 aliphatic heterocycles. The van der Waals surface area contributed by atoms with Crippen molar-refractivity contribution in [2.24, 2.45) is 0 Å². The van der Waals surface area contributed by atoms with E-state index in [1.54, 1.807) is 4.90 Å². The van der Waals surface area contributed by atoms with Gasteiger partial charge < -0.3 is 14.4 Å². The molecular weight excluding hydrogens is 338 g/mol. The summed E-state index contributed by atoms with van der Waals surface area (Å²) in [5, 5.41) is 2.30. The van der Waals surface area contributed by atoms with E-state index in [1.807, 2.05) is 42.5 Å². The molecule has 0 bridgehead atoms. The van der Waals surface area contributed by atoms with Crippen LogP contribution in [0.25, 0.3) is 10.8 Å². The van der Waals surface area contributed by atoms with Crippen molar-refractivity contribution in [2.75, 3.05) is 18.2 Å². The van der Waals surface area contributed by atoms with Gasteiger partial charge in [0.2, 0.25) is 12.7 Å². The maximum absolute atomic E-state index is 12.9. The Morgan fingerprint density at radius 2 is 1.93 bits per heavy atom. The van der Waals surface area contributed by atoms with Crippen molar-refractivity contribution < 1.29 is 14.3 Å². The molecule has 0 aromatic heterocycles. The highest BCUT2D eigenvalue weighted by atomic mass is 16.7. The van der Waals surface area contributed by atoms with E-state index in [4.69, 9.17) is 15.9 Å². The van der Waals surface area contributed by atoms with Crippen LogP contribution in [0.4, 0.5) is 5.69 Å². The molecule has 3 aromatic carbocycles. The summed E-state index contributed by atoms with van der Waals surface area (Å²) in [5.74, 6) is 4.07. The van der Waals surface area contributed by atoms with Crippen molar-refractivity contribution in [3.8, 4) is 23.8 Å². The Labute approximate surface area is 157 Å². The molecule has 0 spiro atoms. The lowest BCUT2D eigenvalue weighted by atomic mass is 9.81. The highest BCUT2D eigenvalue weighted by molar-refractivity contribution is 6.03. The topological polar surface area (TPSA) is 38.8 Å². The Bertz CT molecular complexity index is 1110. The molecule has 132 valence electrons. The summed E-state index contributed by atoms with van der Waals surface area (Å²) >= 11 is 0. The molecular formula is C23H17NO3. The number of terminal acetylenes is 1. The van der Waals surface area contributed by atoms with Gasteiger partial charge in [-0.05, 0) is 40.1 Å². The molecule has 0 radical (unpaired) electrons. The lowest BCUT2D eigenvalue weighted by Gasteiger charge is -2.34. The van der Waals surface area contributed by atoms with Crippen molar-refractivity contribution in [3.05, 3.63) is 65.7 Å². The summed E-state index contributed by atoms with van der Waals surface area (Å²) in [7, 11) is 0. The summed E-state index contributed by atoms with van der Waals surface area (Å²) in [6.07, 6.45) is 5.90. The Kier molecular flexibility index (Phi) is 3.54. The average Bonchev–Trinajstić information content (AvgIpc) is 3.17. The number of carbonyl (C=O) groups is 1. The molecule has 27 heavy (non-hydrogen) atoms. The number of fused-ring (bicyclic) bond motifs is 4. The zero-order valence-corrected chi connectivity index (χ0v) is 14.6. The van der Waals surface area contributed by atoms with Gasteiger partial charge in [-0.1, -0.05) is 42.3 Å². The standard InChI is InChI=1S/C23H17NO3/c1-2-11-24-19-9-7-15-5-3-4-6-17(15)23(19)18(13-22(24)25)16-8-10-20-21(12-16)27-14-26-20/h1,3-10,12,18H,11,13-14H2. The molecule has 0 saturated carbocycles. The Morgan fingerprint density at radius 1 is 1.07 bits per heavy atom. The number of amides is 1. The fourth-order valence-corrected chi connectivity index (χ4v) is 4.09. The summed E-state index contributed by atoms with van der Waals surface area (Å²) in [6, 6.07) is 18.2. The summed E-state index contributed by atoms with van der Waals surface area (Å²) in [5.41, 5.74) is 3.08. The predicted molar refractivity (Wildman–Crippen MR) is 104 cm³/mol. The first-order valence-electron chi connectivity index (χ1n) is 8.91. The van der Waals surface area contributed by atoms with E-state index < -0.39 is 0 Å². The Hall–Kier alpha value is -3.45. The number of rotatable bonds is 2. The molecule has 0 fully saturated rings. The van der Waals surface area contributed by atoms with Crippen molar-refractivity contribution in [1.29, 1.82) is 0 Å². The van der Waals surface area contributed by atoms with Crippen LogP contribution in [0.5, 0.6) is 11.5 Å². The molecule has 0 aliphatic carbocycles. The molecule has 2 heterocycles. The first kappa shape index (κ1) is 15.8. The molecule has 4 nitrogen and oxygen atoms in total. The number of nitrogens with zero attached hydrogens (tertiary/aromatic N) is 1. The summed E-state index contributed by atoms with van der Waals surface area (Å²) < 4.78 is 11.0. The second-order valence-corrected chi connectivity index (χ2v) is 6.77. The number of carbonyl (C=O) groups excluding carboxylic acids is 1. The first-order valence-corrected chi connectivity index (χ1v) is 8.91. The van der Waals surface area contributed by atoms with E-state index in [0.717, 1.165) is 39.1 Å². The predicted octanol–water partition coefficient (Wildman–Crippen LogP) is 4.07. The van der Waals surface area contributed by atoms with Gasteiger partial charge in [-0.3, -0.25) is 4.79 Å². The highest BCUT2D eigenvalue weighted by Gasteiger charge is 2.34. The molecule has 2 aliphatic rings. The second-order valence-electron chi connectivity index (χ2n) is 6.77. The van der Waals surface area contributed by atoms with Gasteiger partial charge in [0.1, 0.15) is 0 Å². The van der Waals surface area contributed by atoms with Gasteiger partial charge in [0.05, 0.1) is 6.54 Å². The first-order chi connectivity index (χ1) is 13.3. The van der Waals surface area contributed by atoms with E-state index in [2.05, 4.69) is 18.1 Å². The quantitative estimate of drug-likeness (QED) is 0.651. The maximum atomic E-state index is 12.9. The molecule has 3 aromatic rings. The lowest BCUT2D eigenvalue weighted by molar-refractivity contribution is -0.119. The Balaban J connectivity index is 1.74. The summed E-state index contributed by atoms with van der Waals surface area (Å²) in [4.78, 5) is 14.6. The monoisotopic (exact) mass is 355 g/mol. The molecule has 5 rings (SSSR count). The Morgan fingerprint density at radius 3 is 2.81 bits per heavy atom. The van der Waals surface area contributed by atoms with Crippen LogP contribution in [0.1, 0.15) is 23.5 Å². The van der Waals surface area contributed by atoms with Crippen LogP contribution in [-0.2, 0) is 4.79 Å².